The third-order valence-electron chi connectivity index (χ3n) is 5.45. The maximum absolute atomic E-state index is 6.48. The molecular weight excluding hydrogens is 360 g/mol. The van der Waals surface area contributed by atoms with Crippen molar-refractivity contribution in [2.45, 2.75) is 32.0 Å². The monoisotopic (exact) mass is 384 g/mol. The largest absolute Gasteiger partial charge is 0.493 e. The standard InChI is InChI=1S/C25H24N2O2/c1-2-16-28-23-14-8-7-13-20(23)25-27-22(19-12-6-9-15-24(19)29-25)17-21(26-27)18-10-4-3-5-11-18/h3-15,22,25H,2,16-17H2,1H3. The van der Waals surface area contributed by atoms with Crippen LogP contribution in [0, 0.1) is 0 Å². The number of rotatable bonds is 5. The van der Waals surface area contributed by atoms with Crippen LogP contribution in [0.5, 0.6) is 11.5 Å². The first-order valence-corrected chi connectivity index (χ1v) is 10.2. The number of benzene rings is 3. The summed E-state index contributed by atoms with van der Waals surface area (Å²) < 4.78 is 12.5. The van der Waals surface area contributed by atoms with Gasteiger partial charge in [0.1, 0.15) is 11.5 Å². The lowest BCUT2D eigenvalue weighted by molar-refractivity contribution is -0.0206. The van der Waals surface area contributed by atoms with Crippen molar-refractivity contribution < 1.29 is 9.47 Å². The van der Waals surface area contributed by atoms with Crippen LogP contribution in [0.3, 0.4) is 0 Å². The maximum Gasteiger partial charge on any atom is 0.217 e. The zero-order chi connectivity index (χ0) is 19.6. The fourth-order valence-corrected chi connectivity index (χ4v) is 4.07. The van der Waals surface area contributed by atoms with Crippen LogP contribution in [0.15, 0.2) is 84.0 Å². The predicted molar refractivity (Wildman–Crippen MR) is 114 cm³/mol. The lowest BCUT2D eigenvalue weighted by atomic mass is 9.96. The summed E-state index contributed by atoms with van der Waals surface area (Å²) >= 11 is 0. The summed E-state index contributed by atoms with van der Waals surface area (Å²) in [6.45, 7) is 2.80. The molecule has 0 saturated carbocycles. The van der Waals surface area contributed by atoms with E-state index in [9.17, 15) is 0 Å². The Morgan fingerprint density at radius 2 is 1.66 bits per heavy atom. The van der Waals surface area contributed by atoms with Crippen molar-refractivity contribution in [3.8, 4) is 11.5 Å². The Kier molecular flexibility index (Phi) is 4.68. The fourth-order valence-electron chi connectivity index (χ4n) is 4.07. The number of hydrogen-bond acceptors (Lipinski definition) is 4. The van der Waals surface area contributed by atoms with Crippen LogP contribution in [-0.4, -0.2) is 17.3 Å². The molecule has 2 unspecified atom stereocenters. The molecular formula is C25H24N2O2. The summed E-state index contributed by atoms with van der Waals surface area (Å²) in [5.41, 5.74) is 4.45. The second kappa shape index (κ2) is 7.63. The van der Waals surface area contributed by atoms with E-state index in [1.807, 2.05) is 30.3 Å². The van der Waals surface area contributed by atoms with Crippen LogP contribution in [0.4, 0.5) is 0 Å². The average Bonchev–Trinajstić information content (AvgIpc) is 3.24. The van der Waals surface area contributed by atoms with Gasteiger partial charge in [0.2, 0.25) is 6.23 Å². The van der Waals surface area contributed by atoms with E-state index in [-0.39, 0.29) is 12.3 Å². The Hall–Kier alpha value is -3.27. The van der Waals surface area contributed by atoms with Gasteiger partial charge in [0.25, 0.3) is 0 Å². The molecule has 3 aromatic carbocycles. The highest BCUT2D eigenvalue weighted by Gasteiger charge is 2.41. The van der Waals surface area contributed by atoms with Gasteiger partial charge in [-0.05, 0) is 30.2 Å². The van der Waals surface area contributed by atoms with Gasteiger partial charge in [-0.3, -0.25) is 0 Å². The van der Waals surface area contributed by atoms with E-state index in [1.165, 1.54) is 5.56 Å². The normalized spacial score (nSPS) is 19.8. The molecule has 2 heterocycles. The van der Waals surface area contributed by atoms with Gasteiger partial charge in [-0.2, -0.15) is 5.10 Å². The molecule has 0 amide bonds. The molecule has 0 fully saturated rings. The molecule has 0 N–H and O–H groups in total. The molecule has 5 rings (SSSR count). The van der Waals surface area contributed by atoms with Gasteiger partial charge < -0.3 is 9.47 Å². The van der Waals surface area contributed by atoms with Crippen molar-refractivity contribution in [2.75, 3.05) is 6.61 Å². The Bertz CT molecular complexity index is 1030. The van der Waals surface area contributed by atoms with Crippen molar-refractivity contribution in [2.24, 2.45) is 5.10 Å². The Balaban J connectivity index is 1.58. The van der Waals surface area contributed by atoms with Gasteiger partial charge in [0.15, 0.2) is 0 Å². The van der Waals surface area contributed by atoms with Crippen molar-refractivity contribution >= 4 is 5.71 Å². The van der Waals surface area contributed by atoms with Crippen molar-refractivity contribution in [3.05, 3.63) is 95.6 Å². The number of para-hydroxylation sites is 2. The van der Waals surface area contributed by atoms with E-state index in [0.29, 0.717) is 6.61 Å². The van der Waals surface area contributed by atoms with E-state index in [2.05, 4.69) is 60.5 Å². The molecule has 0 spiro atoms. The summed E-state index contributed by atoms with van der Waals surface area (Å²) in [4.78, 5) is 0. The summed E-state index contributed by atoms with van der Waals surface area (Å²) in [7, 11) is 0. The molecule has 2 aliphatic rings. The molecule has 0 aromatic heterocycles. The van der Waals surface area contributed by atoms with Gasteiger partial charge in [-0.1, -0.05) is 67.6 Å². The molecule has 4 nitrogen and oxygen atoms in total. The second-order valence-electron chi connectivity index (χ2n) is 7.41. The van der Waals surface area contributed by atoms with E-state index < -0.39 is 0 Å². The molecule has 2 atom stereocenters. The summed E-state index contributed by atoms with van der Waals surface area (Å²) in [6.07, 6.45) is 1.51. The number of ether oxygens (including phenoxy) is 2. The van der Waals surface area contributed by atoms with Crippen LogP contribution in [0.1, 0.15) is 48.7 Å². The van der Waals surface area contributed by atoms with Gasteiger partial charge in [-0.15, -0.1) is 0 Å². The number of fused-ring (bicyclic) bond motifs is 3. The molecule has 0 saturated heterocycles. The van der Waals surface area contributed by atoms with Gasteiger partial charge in [0, 0.05) is 12.0 Å². The second-order valence-corrected chi connectivity index (χ2v) is 7.41. The van der Waals surface area contributed by atoms with Crippen LogP contribution < -0.4 is 9.47 Å². The topological polar surface area (TPSA) is 34.1 Å². The number of hydrazone groups is 1. The molecule has 3 aromatic rings. The van der Waals surface area contributed by atoms with E-state index in [0.717, 1.165) is 41.2 Å². The smallest absolute Gasteiger partial charge is 0.217 e. The molecule has 146 valence electrons. The zero-order valence-corrected chi connectivity index (χ0v) is 16.5. The summed E-state index contributed by atoms with van der Waals surface area (Å²) in [6, 6.07) is 27.0. The van der Waals surface area contributed by atoms with Crippen LogP contribution >= 0.6 is 0 Å². The van der Waals surface area contributed by atoms with Crippen LogP contribution in [0.2, 0.25) is 0 Å². The molecule has 2 aliphatic heterocycles. The molecule has 0 aliphatic carbocycles. The van der Waals surface area contributed by atoms with Crippen LogP contribution in [-0.2, 0) is 0 Å². The molecule has 29 heavy (non-hydrogen) atoms. The van der Waals surface area contributed by atoms with E-state index in [1.54, 1.807) is 0 Å². The highest BCUT2D eigenvalue weighted by atomic mass is 16.5. The van der Waals surface area contributed by atoms with Crippen molar-refractivity contribution in [1.82, 2.24) is 5.01 Å². The Morgan fingerprint density at radius 1 is 0.931 bits per heavy atom. The molecule has 4 heteroatoms. The maximum atomic E-state index is 6.48. The first-order valence-electron chi connectivity index (χ1n) is 10.2. The van der Waals surface area contributed by atoms with Gasteiger partial charge in [-0.25, -0.2) is 5.01 Å². The highest BCUT2D eigenvalue weighted by Crippen LogP contribution is 2.48. The minimum absolute atomic E-state index is 0.152. The summed E-state index contributed by atoms with van der Waals surface area (Å²) in [5, 5.41) is 7.14. The first kappa shape index (κ1) is 17.8. The zero-order valence-electron chi connectivity index (χ0n) is 16.5. The van der Waals surface area contributed by atoms with E-state index >= 15 is 0 Å². The number of nitrogens with zero attached hydrogens (tertiary/aromatic N) is 2. The predicted octanol–water partition coefficient (Wildman–Crippen LogP) is 5.72. The average molecular weight is 384 g/mol. The SMILES string of the molecule is CCCOc1ccccc1C1Oc2ccccc2C2CC(c3ccccc3)=NN21. The Morgan fingerprint density at radius 3 is 2.48 bits per heavy atom. The van der Waals surface area contributed by atoms with Gasteiger partial charge >= 0.3 is 0 Å². The van der Waals surface area contributed by atoms with E-state index in [4.69, 9.17) is 14.6 Å². The Labute approximate surface area is 171 Å². The lowest BCUT2D eigenvalue weighted by Gasteiger charge is -2.38. The third-order valence-corrected chi connectivity index (χ3v) is 5.45. The van der Waals surface area contributed by atoms with Crippen molar-refractivity contribution in [1.29, 1.82) is 0 Å². The first-order chi connectivity index (χ1) is 14.3. The highest BCUT2D eigenvalue weighted by molar-refractivity contribution is 6.01. The van der Waals surface area contributed by atoms with Gasteiger partial charge in [0.05, 0.1) is 23.9 Å². The molecule has 0 radical (unpaired) electrons. The fraction of sp³-hybridized carbons (Fsp3) is 0.240. The summed E-state index contributed by atoms with van der Waals surface area (Å²) in [5.74, 6) is 1.79. The minimum Gasteiger partial charge on any atom is -0.493 e. The quantitative estimate of drug-likeness (QED) is 0.564. The van der Waals surface area contributed by atoms with Crippen LogP contribution in [0.25, 0.3) is 0 Å². The lowest BCUT2D eigenvalue weighted by Crippen LogP contribution is -2.34. The van der Waals surface area contributed by atoms with Crippen molar-refractivity contribution in [3.63, 3.8) is 0 Å². The third kappa shape index (κ3) is 3.25. The number of hydrogen-bond donors (Lipinski definition) is 0. The molecule has 0 bridgehead atoms. The minimum atomic E-state index is -0.316.